The molecular weight excluding hydrogens is 386 g/mol. The fourth-order valence-electron chi connectivity index (χ4n) is 2.93. The average Bonchev–Trinajstić information content (AvgIpc) is 3.32. The molecule has 0 saturated carbocycles. The van der Waals surface area contributed by atoms with Gasteiger partial charge in [-0.1, -0.05) is 31.9 Å². The maximum Gasteiger partial charge on any atom is 0.260 e. The van der Waals surface area contributed by atoms with E-state index in [-0.39, 0.29) is 18.2 Å². The van der Waals surface area contributed by atoms with Crippen LogP contribution in [0.4, 0.5) is 10.8 Å². The molecule has 0 aliphatic rings. The van der Waals surface area contributed by atoms with Gasteiger partial charge in [0, 0.05) is 11.1 Å². The topological polar surface area (TPSA) is 84.2 Å². The number of hydrogen-bond donors (Lipinski definition) is 2. The summed E-state index contributed by atoms with van der Waals surface area (Å²) >= 11 is 1.29. The van der Waals surface area contributed by atoms with Gasteiger partial charge in [0.15, 0.2) is 5.13 Å². The number of benzene rings is 1. The smallest absolute Gasteiger partial charge is 0.260 e. The lowest BCUT2D eigenvalue weighted by Crippen LogP contribution is -2.15. The quantitative estimate of drug-likeness (QED) is 0.473. The van der Waals surface area contributed by atoms with Crippen LogP contribution >= 0.6 is 11.3 Å². The molecule has 0 aliphatic heterocycles. The number of nitrogens with zero attached hydrogens (tertiary/aromatic N) is 1. The van der Waals surface area contributed by atoms with E-state index in [1.54, 1.807) is 18.4 Å². The molecule has 6 nitrogen and oxygen atoms in total. The number of hydrogen-bond acceptors (Lipinski definition) is 5. The Morgan fingerprint density at radius 2 is 1.90 bits per heavy atom. The predicted molar refractivity (Wildman–Crippen MR) is 116 cm³/mol. The summed E-state index contributed by atoms with van der Waals surface area (Å²) in [5.74, 6) is 0.133. The van der Waals surface area contributed by atoms with Crippen molar-refractivity contribution < 1.29 is 14.0 Å². The van der Waals surface area contributed by atoms with Crippen LogP contribution in [-0.4, -0.2) is 16.8 Å². The number of amides is 2. The SMILES string of the molecule is CCCCCc1ccc(NC(=O)Cc2csc(NC(=O)c3ccoc3C)n2)cc1. The summed E-state index contributed by atoms with van der Waals surface area (Å²) in [6.45, 7) is 3.92. The Kier molecular flexibility index (Phi) is 7.19. The number of aryl methyl sites for hydroxylation is 2. The van der Waals surface area contributed by atoms with Crippen LogP contribution in [-0.2, 0) is 17.6 Å². The van der Waals surface area contributed by atoms with Crippen LogP contribution in [0.2, 0.25) is 0 Å². The second-order valence-electron chi connectivity index (χ2n) is 6.87. The molecule has 7 heteroatoms. The predicted octanol–water partition coefficient (Wildman–Crippen LogP) is 5.21. The van der Waals surface area contributed by atoms with Gasteiger partial charge in [-0.2, -0.15) is 0 Å². The maximum absolute atomic E-state index is 12.3. The van der Waals surface area contributed by atoms with E-state index in [1.807, 2.05) is 12.1 Å². The summed E-state index contributed by atoms with van der Waals surface area (Å²) in [5.41, 5.74) is 3.14. The highest BCUT2D eigenvalue weighted by Gasteiger charge is 2.14. The molecule has 0 fully saturated rings. The number of anilines is 2. The highest BCUT2D eigenvalue weighted by Crippen LogP contribution is 2.19. The molecule has 0 atom stereocenters. The van der Waals surface area contributed by atoms with E-state index in [1.165, 1.54) is 42.4 Å². The summed E-state index contributed by atoms with van der Waals surface area (Å²) in [6.07, 6.45) is 6.31. The average molecular weight is 412 g/mol. The van der Waals surface area contributed by atoms with Crippen molar-refractivity contribution in [3.05, 3.63) is 64.6 Å². The molecule has 1 aromatic carbocycles. The number of nitrogens with one attached hydrogen (secondary N) is 2. The summed E-state index contributed by atoms with van der Waals surface area (Å²) < 4.78 is 5.14. The zero-order chi connectivity index (χ0) is 20.6. The third-order valence-corrected chi connectivity index (χ3v) is 5.33. The lowest BCUT2D eigenvalue weighted by molar-refractivity contribution is -0.115. The highest BCUT2D eigenvalue weighted by atomic mass is 32.1. The first kappa shape index (κ1) is 20.8. The number of aromatic nitrogens is 1. The third kappa shape index (κ3) is 6.02. The number of thiazole rings is 1. The minimum atomic E-state index is -0.277. The van der Waals surface area contributed by atoms with Gasteiger partial charge >= 0.3 is 0 Å². The molecule has 0 unspecified atom stereocenters. The Bertz CT molecular complexity index is 960. The van der Waals surface area contributed by atoms with E-state index >= 15 is 0 Å². The number of carbonyl (C=O) groups is 2. The molecule has 0 spiro atoms. The van der Waals surface area contributed by atoms with E-state index in [4.69, 9.17) is 4.42 Å². The van der Waals surface area contributed by atoms with Gasteiger partial charge in [0.25, 0.3) is 5.91 Å². The molecule has 2 heterocycles. The summed E-state index contributed by atoms with van der Waals surface area (Å²) in [4.78, 5) is 28.8. The molecule has 2 N–H and O–H groups in total. The van der Waals surface area contributed by atoms with Crippen LogP contribution in [0, 0.1) is 6.92 Å². The standard InChI is InChI=1S/C22H25N3O3S/c1-3-4-5-6-16-7-9-17(10-8-16)23-20(26)13-18-14-29-22(24-18)25-21(27)19-11-12-28-15(19)2/h7-12,14H,3-6,13H2,1-2H3,(H,23,26)(H,24,25,27). The number of carbonyl (C=O) groups excluding carboxylic acids is 2. The van der Waals surface area contributed by atoms with Crippen LogP contribution in [0.1, 0.15) is 53.6 Å². The van der Waals surface area contributed by atoms with E-state index in [0.29, 0.717) is 22.1 Å². The monoisotopic (exact) mass is 411 g/mol. The van der Waals surface area contributed by atoms with Crippen molar-refractivity contribution in [3.8, 4) is 0 Å². The van der Waals surface area contributed by atoms with Crippen molar-refractivity contribution >= 4 is 34.0 Å². The van der Waals surface area contributed by atoms with Gasteiger partial charge < -0.3 is 9.73 Å². The van der Waals surface area contributed by atoms with Crippen LogP contribution in [0.3, 0.4) is 0 Å². The molecule has 0 bridgehead atoms. The minimum absolute atomic E-state index is 0.141. The Morgan fingerprint density at radius 3 is 2.59 bits per heavy atom. The van der Waals surface area contributed by atoms with E-state index in [9.17, 15) is 9.59 Å². The van der Waals surface area contributed by atoms with Crippen molar-refractivity contribution in [2.75, 3.05) is 10.6 Å². The molecule has 2 aromatic heterocycles. The van der Waals surface area contributed by atoms with Gasteiger partial charge in [0.05, 0.1) is 23.9 Å². The lowest BCUT2D eigenvalue weighted by Gasteiger charge is -2.06. The zero-order valence-electron chi connectivity index (χ0n) is 16.7. The van der Waals surface area contributed by atoms with Gasteiger partial charge in [0.2, 0.25) is 5.91 Å². The van der Waals surface area contributed by atoms with Crippen molar-refractivity contribution in [3.63, 3.8) is 0 Å². The third-order valence-electron chi connectivity index (χ3n) is 4.52. The van der Waals surface area contributed by atoms with Crippen LogP contribution < -0.4 is 10.6 Å². The molecule has 0 radical (unpaired) electrons. The van der Waals surface area contributed by atoms with E-state index in [0.717, 1.165) is 12.1 Å². The Labute approximate surface area is 174 Å². The zero-order valence-corrected chi connectivity index (χ0v) is 17.5. The van der Waals surface area contributed by atoms with E-state index < -0.39 is 0 Å². The van der Waals surface area contributed by atoms with Gasteiger partial charge in [-0.3, -0.25) is 14.9 Å². The molecular formula is C22H25N3O3S. The van der Waals surface area contributed by atoms with Crippen molar-refractivity contribution in [1.29, 1.82) is 0 Å². The molecule has 3 aromatic rings. The fraction of sp³-hybridized carbons (Fsp3) is 0.318. The number of rotatable bonds is 9. The van der Waals surface area contributed by atoms with Crippen molar-refractivity contribution in [1.82, 2.24) is 4.98 Å². The highest BCUT2D eigenvalue weighted by molar-refractivity contribution is 7.14. The largest absolute Gasteiger partial charge is 0.469 e. The summed E-state index contributed by atoms with van der Waals surface area (Å²) in [7, 11) is 0. The minimum Gasteiger partial charge on any atom is -0.469 e. The van der Waals surface area contributed by atoms with Gasteiger partial charge in [-0.05, 0) is 43.5 Å². The van der Waals surface area contributed by atoms with Gasteiger partial charge in [0.1, 0.15) is 5.76 Å². The second-order valence-corrected chi connectivity index (χ2v) is 7.73. The fourth-order valence-corrected chi connectivity index (χ4v) is 3.64. The lowest BCUT2D eigenvalue weighted by atomic mass is 10.1. The molecule has 152 valence electrons. The van der Waals surface area contributed by atoms with Crippen LogP contribution in [0.15, 0.2) is 46.4 Å². The number of furan rings is 1. The summed E-state index contributed by atoms with van der Waals surface area (Å²) in [6, 6.07) is 9.58. The van der Waals surface area contributed by atoms with Gasteiger partial charge in [-0.25, -0.2) is 4.98 Å². The van der Waals surface area contributed by atoms with Crippen LogP contribution in [0.5, 0.6) is 0 Å². The molecule has 3 rings (SSSR count). The molecule has 29 heavy (non-hydrogen) atoms. The van der Waals surface area contributed by atoms with Crippen molar-refractivity contribution in [2.45, 2.75) is 46.0 Å². The molecule has 0 saturated heterocycles. The molecule has 0 aliphatic carbocycles. The molecule has 2 amide bonds. The maximum atomic E-state index is 12.3. The first-order valence-electron chi connectivity index (χ1n) is 9.73. The first-order chi connectivity index (χ1) is 14.0. The normalized spacial score (nSPS) is 10.7. The Balaban J connectivity index is 1.50. The summed E-state index contributed by atoms with van der Waals surface area (Å²) in [5, 5.41) is 7.85. The second kappa shape index (κ2) is 10.0. The van der Waals surface area contributed by atoms with Crippen LogP contribution in [0.25, 0.3) is 0 Å². The van der Waals surface area contributed by atoms with Gasteiger partial charge in [-0.15, -0.1) is 11.3 Å². The Morgan fingerprint density at radius 1 is 1.10 bits per heavy atom. The van der Waals surface area contributed by atoms with E-state index in [2.05, 4.69) is 34.7 Å². The van der Waals surface area contributed by atoms with Crippen molar-refractivity contribution in [2.24, 2.45) is 0 Å². The Hall–Kier alpha value is -2.93. The number of unbranched alkanes of at least 4 members (excludes halogenated alkanes) is 2. The first-order valence-corrected chi connectivity index (χ1v) is 10.6.